The van der Waals surface area contributed by atoms with Crippen LogP contribution in [0.25, 0.3) is 0 Å². The first-order chi connectivity index (χ1) is 14.1. The summed E-state index contributed by atoms with van der Waals surface area (Å²) < 4.78 is 16.8. The molecule has 0 saturated heterocycles. The van der Waals surface area contributed by atoms with E-state index in [-0.39, 0.29) is 0 Å². The number of ether oxygens (including phenoxy) is 3. The average molecular weight is 428 g/mol. The predicted molar refractivity (Wildman–Crippen MR) is 120 cm³/mol. The van der Waals surface area contributed by atoms with Gasteiger partial charge in [0, 0.05) is 17.7 Å². The summed E-state index contributed by atoms with van der Waals surface area (Å²) in [6, 6.07) is 21.3. The maximum Gasteiger partial charge on any atom is 0.180 e. The summed E-state index contributed by atoms with van der Waals surface area (Å²) in [7, 11) is 3.23. The lowest BCUT2D eigenvalue weighted by Gasteiger charge is -2.16. The van der Waals surface area contributed by atoms with Crippen LogP contribution in [0.4, 0.5) is 0 Å². The molecule has 6 heteroatoms. The number of hydrogen-bond donors (Lipinski definition) is 1. The number of para-hydroxylation sites is 1. The molecule has 0 spiro atoms. The minimum absolute atomic E-state index is 0.396. The van der Waals surface area contributed by atoms with E-state index in [9.17, 15) is 0 Å². The molecule has 0 atom stereocenters. The van der Waals surface area contributed by atoms with E-state index in [0.717, 1.165) is 22.4 Å². The van der Waals surface area contributed by atoms with Gasteiger partial charge in [0.25, 0.3) is 0 Å². The number of thiocarbonyl (C=S) groups is 1. The van der Waals surface area contributed by atoms with Gasteiger partial charge in [-0.15, -0.1) is 0 Å². The molecule has 3 aromatic rings. The summed E-state index contributed by atoms with van der Waals surface area (Å²) in [6.45, 7) is 0.932. The standard InChI is InChI=1S/C23H22ClNO3S/c1-26-20-11-7-6-10-17(20)14-25-23(29)18-12-19(24)22(21(13-18)27-2)28-15-16-8-4-3-5-9-16/h3-13H,14-15H2,1-2H3,(H,25,29). The van der Waals surface area contributed by atoms with E-state index in [1.165, 1.54) is 0 Å². The minimum Gasteiger partial charge on any atom is -0.496 e. The van der Waals surface area contributed by atoms with Crippen molar-refractivity contribution in [2.75, 3.05) is 14.2 Å². The molecule has 0 fully saturated rings. The van der Waals surface area contributed by atoms with Gasteiger partial charge < -0.3 is 19.5 Å². The number of methoxy groups -OCH3 is 2. The fourth-order valence-electron chi connectivity index (χ4n) is 2.85. The van der Waals surface area contributed by atoms with Crippen molar-refractivity contribution in [2.45, 2.75) is 13.2 Å². The molecular weight excluding hydrogens is 406 g/mol. The minimum atomic E-state index is 0.396. The number of benzene rings is 3. The van der Waals surface area contributed by atoms with Crippen LogP contribution >= 0.6 is 23.8 Å². The summed E-state index contributed by atoms with van der Waals surface area (Å²) in [5.41, 5.74) is 2.81. The van der Waals surface area contributed by atoms with E-state index >= 15 is 0 Å². The molecule has 0 bridgehead atoms. The number of halogens is 1. The highest BCUT2D eigenvalue weighted by Gasteiger charge is 2.15. The Hall–Kier alpha value is -2.76. The second-order valence-corrected chi connectivity index (χ2v) is 7.07. The molecule has 0 aromatic heterocycles. The predicted octanol–water partition coefficient (Wildman–Crippen LogP) is 5.40. The summed E-state index contributed by atoms with van der Waals surface area (Å²) >= 11 is 12.0. The van der Waals surface area contributed by atoms with Crippen molar-refractivity contribution in [3.8, 4) is 17.2 Å². The van der Waals surface area contributed by atoms with Crippen LogP contribution in [0.3, 0.4) is 0 Å². The Morgan fingerprint density at radius 1 is 0.931 bits per heavy atom. The highest BCUT2D eigenvalue weighted by Crippen LogP contribution is 2.37. The zero-order chi connectivity index (χ0) is 20.6. The fourth-order valence-corrected chi connectivity index (χ4v) is 3.30. The summed E-state index contributed by atoms with van der Waals surface area (Å²) in [4.78, 5) is 0.561. The SMILES string of the molecule is COc1ccccc1CNC(=S)c1cc(Cl)c(OCc2ccccc2)c(OC)c1. The van der Waals surface area contributed by atoms with Gasteiger partial charge in [-0.05, 0) is 23.8 Å². The van der Waals surface area contributed by atoms with Gasteiger partial charge in [-0.2, -0.15) is 0 Å². The number of rotatable bonds is 8. The Morgan fingerprint density at radius 2 is 1.62 bits per heavy atom. The molecule has 0 saturated carbocycles. The Bertz CT molecular complexity index is 979. The lowest BCUT2D eigenvalue weighted by molar-refractivity contribution is 0.284. The smallest absolute Gasteiger partial charge is 0.180 e. The molecule has 150 valence electrons. The Kier molecular flexibility index (Phi) is 7.33. The van der Waals surface area contributed by atoms with Crippen molar-refractivity contribution in [2.24, 2.45) is 0 Å². The first kappa shape index (κ1) is 21.0. The largest absolute Gasteiger partial charge is 0.496 e. The van der Waals surface area contributed by atoms with Crippen LogP contribution < -0.4 is 19.5 Å². The van der Waals surface area contributed by atoms with Gasteiger partial charge in [0.05, 0.1) is 19.2 Å². The number of nitrogens with one attached hydrogen (secondary N) is 1. The van der Waals surface area contributed by atoms with Gasteiger partial charge in [-0.3, -0.25) is 0 Å². The normalized spacial score (nSPS) is 10.3. The Labute approximate surface area is 181 Å². The Balaban J connectivity index is 1.72. The van der Waals surface area contributed by atoms with Crippen LogP contribution in [-0.4, -0.2) is 19.2 Å². The first-order valence-electron chi connectivity index (χ1n) is 9.06. The van der Waals surface area contributed by atoms with Crippen molar-refractivity contribution >= 4 is 28.8 Å². The highest BCUT2D eigenvalue weighted by atomic mass is 35.5. The van der Waals surface area contributed by atoms with E-state index in [0.29, 0.717) is 34.7 Å². The van der Waals surface area contributed by atoms with Crippen molar-refractivity contribution in [1.29, 1.82) is 0 Å². The van der Waals surface area contributed by atoms with Crippen LogP contribution in [0.5, 0.6) is 17.2 Å². The van der Waals surface area contributed by atoms with Crippen LogP contribution in [-0.2, 0) is 13.2 Å². The molecule has 1 N–H and O–H groups in total. The molecule has 3 rings (SSSR count). The molecule has 0 amide bonds. The van der Waals surface area contributed by atoms with Crippen molar-refractivity contribution in [1.82, 2.24) is 5.32 Å². The molecular formula is C23H22ClNO3S. The van der Waals surface area contributed by atoms with E-state index in [1.54, 1.807) is 20.3 Å². The summed E-state index contributed by atoms with van der Waals surface area (Å²) in [5, 5.41) is 3.68. The van der Waals surface area contributed by atoms with Crippen molar-refractivity contribution in [3.63, 3.8) is 0 Å². The first-order valence-corrected chi connectivity index (χ1v) is 9.85. The van der Waals surface area contributed by atoms with E-state index < -0.39 is 0 Å². The second kappa shape index (κ2) is 10.1. The van der Waals surface area contributed by atoms with Crippen LogP contribution in [0, 0.1) is 0 Å². The fraction of sp³-hybridized carbons (Fsp3) is 0.174. The van der Waals surface area contributed by atoms with Crippen LogP contribution in [0.15, 0.2) is 66.7 Å². The number of hydrogen-bond acceptors (Lipinski definition) is 4. The molecule has 0 heterocycles. The zero-order valence-electron chi connectivity index (χ0n) is 16.3. The second-order valence-electron chi connectivity index (χ2n) is 6.26. The van der Waals surface area contributed by atoms with Gasteiger partial charge >= 0.3 is 0 Å². The van der Waals surface area contributed by atoms with Gasteiger partial charge in [-0.25, -0.2) is 0 Å². The summed E-state index contributed by atoms with van der Waals surface area (Å²) in [5.74, 6) is 1.84. The maximum atomic E-state index is 6.48. The lowest BCUT2D eigenvalue weighted by atomic mass is 10.1. The molecule has 4 nitrogen and oxygen atoms in total. The lowest BCUT2D eigenvalue weighted by Crippen LogP contribution is -2.22. The molecule has 29 heavy (non-hydrogen) atoms. The van der Waals surface area contributed by atoms with Crippen molar-refractivity contribution < 1.29 is 14.2 Å². The van der Waals surface area contributed by atoms with Gasteiger partial charge in [0.2, 0.25) is 0 Å². The summed E-state index contributed by atoms with van der Waals surface area (Å²) in [6.07, 6.45) is 0. The van der Waals surface area contributed by atoms with E-state index in [4.69, 9.17) is 38.0 Å². The molecule has 0 aliphatic rings. The van der Waals surface area contributed by atoms with Crippen LogP contribution in [0.2, 0.25) is 5.02 Å². The quantitative estimate of drug-likeness (QED) is 0.487. The molecule has 0 aliphatic heterocycles. The molecule has 0 unspecified atom stereocenters. The average Bonchev–Trinajstić information content (AvgIpc) is 2.76. The molecule has 0 aliphatic carbocycles. The van der Waals surface area contributed by atoms with E-state index in [2.05, 4.69) is 5.32 Å². The van der Waals surface area contributed by atoms with Crippen molar-refractivity contribution in [3.05, 3.63) is 88.4 Å². The Morgan fingerprint density at radius 3 is 2.34 bits per heavy atom. The molecule has 0 radical (unpaired) electrons. The maximum absolute atomic E-state index is 6.48. The topological polar surface area (TPSA) is 39.7 Å². The van der Waals surface area contributed by atoms with Crippen LogP contribution in [0.1, 0.15) is 16.7 Å². The van der Waals surface area contributed by atoms with E-state index in [1.807, 2.05) is 60.7 Å². The highest BCUT2D eigenvalue weighted by molar-refractivity contribution is 7.80. The third kappa shape index (κ3) is 5.40. The molecule has 3 aromatic carbocycles. The van der Waals surface area contributed by atoms with Gasteiger partial charge in [-0.1, -0.05) is 72.3 Å². The third-order valence-electron chi connectivity index (χ3n) is 4.35. The zero-order valence-corrected chi connectivity index (χ0v) is 17.8. The van der Waals surface area contributed by atoms with Gasteiger partial charge in [0.15, 0.2) is 11.5 Å². The van der Waals surface area contributed by atoms with Gasteiger partial charge in [0.1, 0.15) is 17.3 Å². The third-order valence-corrected chi connectivity index (χ3v) is 5.01. The monoisotopic (exact) mass is 427 g/mol.